The fourth-order valence-electron chi connectivity index (χ4n) is 2.71. The molecule has 0 amide bonds. The van der Waals surface area contributed by atoms with Crippen LogP contribution in [0.1, 0.15) is 10.4 Å². The molecule has 0 aliphatic heterocycles. The summed E-state index contributed by atoms with van der Waals surface area (Å²) in [5.41, 5.74) is 1.68. The summed E-state index contributed by atoms with van der Waals surface area (Å²) in [5, 5.41) is 2.39. The highest BCUT2D eigenvalue weighted by Crippen LogP contribution is 2.25. The lowest BCUT2D eigenvalue weighted by molar-refractivity contribution is 0.0961. The fourth-order valence-corrected chi connectivity index (χ4v) is 3.15. The number of oxazole rings is 1. The molecule has 0 N–H and O–H groups in total. The van der Waals surface area contributed by atoms with Crippen LogP contribution in [0.2, 0.25) is 5.02 Å². The lowest BCUT2D eigenvalue weighted by atomic mass is 10.0. The van der Waals surface area contributed by atoms with Gasteiger partial charge in [0, 0.05) is 10.6 Å². The molecule has 4 aromatic rings. The molecule has 0 unspecified atom stereocenters. The van der Waals surface area contributed by atoms with Gasteiger partial charge in [-0.2, -0.15) is 0 Å². The molecule has 112 valence electrons. The summed E-state index contributed by atoms with van der Waals surface area (Å²) in [6, 6.07) is 18.4. The minimum Gasteiger partial charge on any atom is -0.429 e. The maximum atomic E-state index is 13.1. The van der Waals surface area contributed by atoms with Gasteiger partial charge in [0.2, 0.25) is 0 Å². The van der Waals surface area contributed by atoms with Crippen molar-refractivity contribution in [3.05, 3.63) is 76.1 Å². The molecule has 0 aliphatic rings. The van der Waals surface area contributed by atoms with Crippen LogP contribution >= 0.6 is 23.8 Å². The molecule has 5 heteroatoms. The van der Waals surface area contributed by atoms with E-state index in [4.69, 9.17) is 28.2 Å². The van der Waals surface area contributed by atoms with E-state index in [0.29, 0.717) is 21.7 Å². The van der Waals surface area contributed by atoms with Gasteiger partial charge in [0.15, 0.2) is 5.58 Å². The lowest BCUT2D eigenvalue weighted by Gasteiger charge is -2.06. The topological polar surface area (TPSA) is 35.1 Å². The molecule has 1 heterocycles. The summed E-state index contributed by atoms with van der Waals surface area (Å²) in [4.78, 5) is 13.2. The van der Waals surface area contributed by atoms with Crippen molar-refractivity contribution < 1.29 is 9.21 Å². The molecular formula is C18H10ClNO2S. The first-order valence-electron chi connectivity index (χ1n) is 6.99. The Balaban J connectivity index is 2.01. The van der Waals surface area contributed by atoms with Gasteiger partial charge in [0.1, 0.15) is 0 Å². The van der Waals surface area contributed by atoms with Crippen molar-refractivity contribution in [3.8, 4) is 0 Å². The van der Waals surface area contributed by atoms with Crippen molar-refractivity contribution in [1.82, 2.24) is 4.57 Å². The second kappa shape index (κ2) is 5.33. The summed E-state index contributed by atoms with van der Waals surface area (Å²) in [5.74, 6) is -0.229. The molecule has 3 aromatic carbocycles. The Bertz CT molecular complexity index is 1120. The number of hydrogen-bond donors (Lipinski definition) is 0. The summed E-state index contributed by atoms with van der Waals surface area (Å²) >= 11 is 11.3. The Morgan fingerprint density at radius 1 is 1.04 bits per heavy atom. The van der Waals surface area contributed by atoms with E-state index in [2.05, 4.69) is 0 Å². The van der Waals surface area contributed by atoms with E-state index in [1.54, 1.807) is 24.3 Å². The molecule has 0 saturated carbocycles. The van der Waals surface area contributed by atoms with Crippen LogP contribution in [0.5, 0.6) is 0 Å². The van der Waals surface area contributed by atoms with E-state index < -0.39 is 0 Å². The van der Waals surface area contributed by atoms with Crippen LogP contribution in [0.25, 0.3) is 21.9 Å². The third-order valence-corrected chi connectivity index (χ3v) is 4.27. The Hall–Kier alpha value is -2.43. The van der Waals surface area contributed by atoms with Crippen molar-refractivity contribution in [2.75, 3.05) is 0 Å². The summed E-state index contributed by atoms with van der Waals surface area (Å²) in [7, 11) is 0. The Morgan fingerprint density at radius 2 is 1.83 bits per heavy atom. The Labute approximate surface area is 141 Å². The molecular weight excluding hydrogens is 330 g/mol. The number of halogens is 1. The molecule has 0 fully saturated rings. The molecule has 0 saturated heterocycles. The second-order valence-electron chi connectivity index (χ2n) is 5.15. The zero-order valence-corrected chi connectivity index (χ0v) is 13.4. The van der Waals surface area contributed by atoms with Crippen LogP contribution in [0.3, 0.4) is 0 Å². The quantitative estimate of drug-likeness (QED) is 0.432. The van der Waals surface area contributed by atoms with Gasteiger partial charge in [-0.3, -0.25) is 4.79 Å². The van der Waals surface area contributed by atoms with Crippen LogP contribution in [-0.4, -0.2) is 10.5 Å². The van der Waals surface area contributed by atoms with Crippen molar-refractivity contribution in [2.24, 2.45) is 0 Å². The van der Waals surface area contributed by atoms with Crippen LogP contribution in [0, 0.1) is 4.84 Å². The maximum Gasteiger partial charge on any atom is 0.276 e. The highest BCUT2D eigenvalue weighted by molar-refractivity contribution is 7.71. The van der Waals surface area contributed by atoms with Gasteiger partial charge in [0.25, 0.3) is 10.7 Å². The first kappa shape index (κ1) is 14.2. The summed E-state index contributed by atoms with van der Waals surface area (Å²) in [6.45, 7) is 0. The van der Waals surface area contributed by atoms with Crippen LogP contribution in [0.4, 0.5) is 0 Å². The standard InChI is InChI=1S/C18H10ClNO2S/c19-12-8-9-16-15(10-12)20(18(23)22-16)17(21)14-7-3-5-11-4-1-2-6-13(11)14/h1-10H. The molecule has 0 atom stereocenters. The summed E-state index contributed by atoms with van der Waals surface area (Å²) in [6.07, 6.45) is 0. The van der Waals surface area contributed by atoms with Gasteiger partial charge in [-0.1, -0.05) is 48.0 Å². The third kappa shape index (κ3) is 2.27. The van der Waals surface area contributed by atoms with E-state index in [0.717, 1.165) is 10.8 Å². The number of carbonyl (C=O) groups is 1. The van der Waals surface area contributed by atoms with E-state index in [9.17, 15) is 4.79 Å². The highest BCUT2D eigenvalue weighted by Gasteiger charge is 2.18. The molecule has 3 nitrogen and oxygen atoms in total. The van der Waals surface area contributed by atoms with Gasteiger partial charge >= 0.3 is 0 Å². The fraction of sp³-hybridized carbons (Fsp3) is 0. The van der Waals surface area contributed by atoms with Crippen molar-refractivity contribution in [2.45, 2.75) is 0 Å². The molecule has 23 heavy (non-hydrogen) atoms. The van der Waals surface area contributed by atoms with Crippen molar-refractivity contribution >= 4 is 51.6 Å². The van der Waals surface area contributed by atoms with Crippen molar-refractivity contribution in [3.63, 3.8) is 0 Å². The normalized spacial score (nSPS) is 11.2. The number of fused-ring (bicyclic) bond motifs is 2. The van der Waals surface area contributed by atoms with E-state index >= 15 is 0 Å². The SMILES string of the molecule is O=C(c1cccc2ccccc12)n1c(=S)oc2ccc(Cl)cc21. The zero-order chi connectivity index (χ0) is 16.0. The van der Waals surface area contributed by atoms with Gasteiger partial charge in [-0.15, -0.1) is 0 Å². The number of hydrogen-bond acceptors (Lipinski definition) is 3. The largest absolute Gasteiger partial charge is 0.429 e. The highest BCUT2D eigenvalue weighted by atomic mass is 35.5. The molecule has 0 spiro atoms. The average Bonchev–Trinajstić information content (AvgIpc) is 2.89. The minimum atomic E-state index is -0.229. The number of benzene rings is 3. The Kier molecular flexibility index (Phi) is 3.29. The number of rotatable bonds is 1. The van der Waals surface area contributed by atoms with E-state index in [1.165, 1.54) is 4.57 Å². The predicted molar refractivity (Wildman–Crippen MR) is 93.7 cm³/mol. The summed E-state index contributed by atoms with van der Waals surface area (Å²) < 4.78 is 6.89. The average molecular weight is 340 g/mol. The molecule has 4 rings (SSSR count). The first-order valence-corrected chi connectivity index (χ1v) is 7.77. The van der Waals surface area contributed by atoms with Crippen LogP contribution in [0.15, 0.2) is 65.1 Å². The third-order valence-electron chi connectivity index (χ3n) is 3.76. The minimum absolute atomic E-state index is 0.111. The molecule has 0 aliphatic carbocycles. The predicted octanol–water partition coefficient (Wildman–Crippen LogP) is 5.46. The second-order valence-corrected chi connectivity index (χ2v) is 5.93. The molecule has 1 aromatic heterocycles. The Morgan fingerprint density at radius 3 is 2.70 bits per heavy atom. The monoisotopic (exact) mass is 339 g/mol. The first-order chi connectivity index (χ1) is 11.1. The van der Waals surface area contributed by atoms with Gasteiger partial charge in [-0.25, -0.2) is 4.57 Å². The van der Waals surface area contributed by atoms with Crippen LogP contribution < -0.4 is 0 Å². The van der Waals surface area contributed by atoms with Gasteiger partial charge in [0.05, 0.1) is 5.52 Å². The molecule has 0 bridgehead atoms. The van der Waals surface area contributed by atoms with Crippen LogP contribution in [-0.2, 0) is 0 Å². The van der Waals surface area contributed by atoms with E-state index in [-0.39, 0.29) is 10.7 Å². The van der Waals surface area contributed by atoms with Crippen molar-refractivity contribution in [1.29, 1.82) is 0 Å². The van der Waals surface area contributed by atoms with Gasteiger partial charge < -0.3 is 4.42 Å². The molecule has 0 radical (unpaired) electrons. The number of aromatic nitrogens is 1. The number of carbonyl (C=O) groups excluding carboxylic acids is 1. The zero-order valence-electron chi connectivity index (χ0n) is 11.8. The van der Waals surface area contributed by atoms with E-state index in [1.807, 2.05) is 36.4 Å². The number of nitrogens with zero attached hydrogens (tertiary/aromatic N) is 1. The maximum absolute atomic E-state index is 13.1. The smallest absolute Gasteiger partial charge is 0.276 e. The van der Waals surface area contributed by atoms with Gasteiger partial charge in [-0.05, 0) is 47.3 Å². The lowest BCUT2D eigenvalue weighted by Crippen LogP contribution is -2.12.